The van der Waals surface area contributed by atoms with Gasteiger partial charge in [-0.05, 0) is 49.9 Å². The monoisotopic (exact) mass is 283 g/mol. The van der Waals surface area contributed by atoms with Crippen molar-refractivity contribution in [1.82, 2.24) is 0 Å². The first kappa shape index (κ1) is 16.3. The number of hydrogen-bond donors (Lipinski definition) is 2. The SMILES string of the molecule is Cl.NCCCC[C@@H](N)c1ccc(N2CCCC2)cc1. The summed E-state index contributed by atoms with van der Waals surface area (Å²) in [4.78, 5) is 2.45. The van der Waals surface area contributed by atoms with E-state index >= 15 is 0 Å². The number of hydrogen-bond acceptors (Lipinski definition) is 3. The predicted octanol–water partition coefficient (Wildman–Crippen LogP) is 2.84. The number of benzene rings is 1. The maximum atomic E-state index is 6.18. The van der Waals surface area contributed by atoms with Crippen LogP contribution in [0, 0.1) is 0 Å². The van der Waals surface area contributed by atoms with Gasteiger partial charge in [0.15, 0.2) is 0 Å². The molecular weight excluding hydrogens is 258 g/mol. The van der Waals surface area contributed by atoms with Crippen LogP contribution in [-0.2, 0) is 0 Å². The highest BCUT2D eigenvalue weighted by Gasteiger charge is 2.12. The Bertz CT molecular complexity index is 347. The van der Waals surface area contributed by atoms with E-state index in [2.05, 4.69) is 29.2 Å². The van der Waals surface area contributed by atoms with Crippen LogP contribution >= 0.6 is 12.4 Å². The molecule has 1 saturated heterocycles. The molecule has 1 atom stereocenters. The third-order valence-electron chi connectivity index (χ3n) is 3.76. The lowest BCUT2D eigenvalue weighted by atomic mass is 10.0. The molecule has 4 heteroatoms. The number of anilines is 1. The fourth-order valence-electron chi connectivity index (χ4n) is 2.58. The Morgan fingerprint density at radius 1 is 1.05 bits per heavy atom. The normalized spacial score (nSPS) is 16.2. The smallest absolute Gasteiger partial charge is 0.0366 e. The molecule has 4 N–H and O–H groups in total. The zero-order valence-corrected chi connectivity index (χ0v) is 12.4. The highest BCUT2D eigenvalue weighted by atomic mass is 35.5. The van der Waals surface area contributed by atoms with Gasteiger partial charge in [0.2, 0.25) is 0 Å². The fraction of sp³-hybridized carbons (Fsp3) is 0.600. The van der Waals surface area contributed by atoms with Gasteiger partial charge in [-0.2, -0.15) is 0 Å². The van der Waals surface area contributed by atoms with Crippen LogP contribution in [0.3, 0.4) is 0 Å². The topological polar surface area (TPSA) is 55.3 Å². The van der Waals surface area contributed by atoms with E-state index in [4.69, 9.17) is 11.5 Å². The van der Waals surface area contributed by atoms with E-state index in [-0.39, 0.29) is 18.4 Å². The molecule has 0 radical (unpaired) electrons. The predicted molar refractivity (Wildman–Crippen MR) is 85.0 cm³/mol. The van der Waals surface area contributed by atoms with E-state index < -0.39 is 0 Å². The summed E-state index contributed by atoms with van der Waals surface area (Å²) in [5.41, 5.74) is 14.3. The summed E-state index contributed by atoms with van der Waals surface area (Å²) in [6.45, 7) is 3.16. The first-order valence-corrected chi connectivity index (χ1v) is 7.12. The first-order chi connectivity index (χ1) is 8.81. The Morgan fingerprint density at radius 3 is 2.26 bits per heavy atom. The van der Waals surface area contributed by atoms with Crippen molar-refractivity contribution in [1.29, 1.82) is 0 Å². The van der Waals surface area contributed by atoms with Crippen molar-refractivity contribution in [3.05, 3.63) is 29.8 Å². The molecule has 19 heavy (non-hydrogen) atoms. The minimum Gasteiger partial charge on any atom is -0.372 e. The largest absolute Gasteiger partial charge is 0.372 e. The summed E-state index contributed by atoms with van der Waals surface area (Å²) in [7, 11) is 0. The summed E-state index contributed by atoms with van der Waals surface area (Å²) in [5.74, 6) is 0. The lowest BCUT2D eigenvalue weighted by Gasteiger charge is -2.19. The first-order valence-electron chi connectivity index (χ1n) is 7.12. The lowest BCUT2D eigenvalue weighted by molar-refractivity contribution is 0.591. The van der Waals surface area contributed by atoms with Gasteiger partial charge in [0, 0.05) is 24.8 Å². The Balaban J connectivity index is 0.00000180. The van der Waals surface area contributed by atoms with Gasteiger partial charge in [0.1, 0.15) is 0 Å². The molecule has 2 rings (SSSR count). The maximum absolute atomic E-state index is 6.18. The van der Waals surface area contributed by atoms with E-state index in [1.807, 2.05) is 0 Å². The minimum atomic E-state index is 0. The lowest BCUT2D eigenvalue weighted by Crippen LogP contribution is -2.17. The maximum Gasteiger partial charge on any atom is 0.0366 e. The van der Waals surface area contributed by atoms with Gasteiger partial charge >= 0.3 is 0 Å². The Kier molecular flexibility index (Phi) is 7.21. The molecule has 1 aliphatic rings. The molecular formula is C15H26ClN3. The van der Waals surface area contributed by atoms with Crippen LogP contribution in [0.15, 0.2) is 24.3 Å². The zero-order valence-electron chi connectivity index (χ0n) is 11.6. The van der Waals surface area contributed by atoms with Crippen molar-refractivity contribution in [2.24, 2.45) is 11.5 Å². The van der Waals surface area contributed by atoms with E-state index in [1.54, 1.807) is 0 Å². The minimum absolute atomic E-state index is 0. The Labute approximate surface area is 122 Å². The van der Waals surface area contributed by atoms with Crippen molar-refractivity contribution in [2.75, 3.05) is 24.5 Å². The van der Waals surface area contributed by atoms with Crippen LogP contribution in [0.4, 0.5) is 5.69 Å². The van der Waals surface area contributed by atoms with Crippen molar-refractivity contribution < 1.29 is 0 Å². The molecule has 0 spiro atoms. The zero-order chi connectivity index (χ0) is 12.8. The van der Waals surface area contributed by atoms with Gasteiger partial charge in [0.25, 0.3) is 0 Å². The molecule has 1 fully saturated rings. The molecule has 0 aromatic heterocycles. The fourth-order valence-corrected chi connectivity index (χ4v) is 2.58. The molecule has 0 unspecified atom stereocenters. The number of unbranched alkanes of at least 4 members (excludes halogenated alkanes) is 1. The number of nitrogens with two attached hydrogens (primary N) is 2. The Morgan fingerprint density at radius 2 is 1.68 bits per heavy atom. The van der Waals surface area contributed by atoms with Crippen molar-refractivity contribution in [2.45, 2.75) is 38.1 Å². The van der Waals surface area contributed by atoms with Gasteiger partial charge < -0.3 is 16.4 Å². The standard InChI is InChI=1S/C15H25N3.ClH/c16-10-2-1-5-15(17)13-6-8-14(9-7-13)18-11-3-4-12-18;/h6-9,15H,1-5,10-12,16-17H2;1H/t15-;/m1./s1. The summed E-state index contributed by atoms with van der Waals surface area (Å²) in [6, 6.07) is 8.94. The number of rotatable bonds is 6. The van der Waals surface area contributed by atoms with Crippen LogP contribution in [0.5, 0.6) is 0 Å². The number of halogens is 1. The van der Waals surface area contributed by atoms with E-state index in [0.717, 1.165) is 25.8 Å². The molecule has 1 heterocycles. The van der Waals surface area contributed by atoms with Crippen LogP contribution < -0.4 is 16.4 Å². The molecule has 0 saturated carbocycles. The second-order valence-electron chi connectivity index (χ2n) is 5.18. The molecule has 0 amide bonds. The van der Waals surface area contributed by atoms with E-state index in [1.165, 1.54) is 37.2 Å². The summed E-state index contributed by atoms with van der Waals surface area (Å²) >= 11 is 0. The average Bonchev–Trinajstić information content (AvgIpc) is 2.93. The van der Waals surface area contributed by atoms with Gasteiger partial charge in [-0.25, -0.2) is 0 Å². The van der Waals surface area contributed by atoms with Crippen molar-refractivity contribution in [3.8, 4) is 0 Å². The van der Waals surface area contributed by atoms with Gasteiger partial charge in [0.05, 0.1) is 0 Å². The number of nitrogens with zero attached hydrogens (tertiary/aromatic N) is 1. The third kappa shape index (κ3) is 4.68. The second kappa shape index (κ2) is 8.41. The van der Waals surface area contributed by atoms with Crippen LogP contribution in [-0.4, -0.2) is 19.6 Å². The van der Waals surface area contributed by atoms with Crippen LogP contribution in [0.1, 0.15) is 43.7 Å². The molecule has 3 nitrogen and oxygen atoms in total. The molecule has 0 aliphatic carbocycles. The van der Waals surface area contributed by atoms with Crippen molar-refractivity contribution >= 4 is 18.1 Å². The summed E-state index contributed by atoms with van der Waals surface area (Å²) in [6.07, 6.45) is 5.85. The highest BCUT2D eigenvalue weighted by molar-refractivity contribution is 5.85. The molecule has 1 aliphatic heterocycles. The van der Waals surface area contributed by atoms with Gasteiger partial charge in [-0.1, -0.05) is 18.6 Å². The summed E-state index contributed by atoms with van der Waals surface area (Å²) < 4.78 is 0. The quantitative estimate of drug-likeness (QED) is 0.790. The molecule has 1 aromatic carbocycles. The van der Waals surface area contributed by atoms with Crippen molar-refractivity contribution in [3.63, 3.8) is 0 Å². The van der Waals surface area contributed by atoms with Gasteiger partial charge in [-0.3, -0.25) is 0 Å². The molecule has 108 valence electrons. The Hall–Kier alpha value is -0.770. The van der Waals surface area contributed by atoms with E-state index in [9.17, 15) is 0 Å². The molecule has 1 aromatic rings. The van der Waals surface area contributed by atoms with Crippen LogP contribution in [0.2, 0.25) is 0 Å². The van der Waals surface area contributed by atoms with Gasteiger partial charge in [-0.15, -0.1) is 12.4 Å². The molecule has 0 bridgehead atoms. The third-order valence-corrected chi connectivity index (χ3v) is 3.76. The second-order valence-corrected chi connectivity index (χ2v) is 5.18. The van der Waals surface area contributed by atoms with Crippen LogP contribution in [0.25, 0.3) is 0 Å². The van der Waals surface area contributed by atoms with E-state index in [0.29, 0.717) is 0 Å². The average molecular weight is 284 g/mol. The summed E-state index contributed by atoms with van der Waals surface area (Å²) in [5, 5.41) is 0. The highest BCUT2D eigenvalue weighted by Crippen LogP contribution is 2.23.